The van der Waals surface area contributed by atoms with Crippen LogP contribution in [0.2, 0.25) is 0 Å². The number of hydrogen-bond acceptors (Lipinski definition) is 6. The maximum Gasteiger partial charge on any atom is 0.318 e. The van der Waals surface area contributed by atoms with E-state index in [4.69, 9.17) is 4.74 Å². The first kappa shape index (κ1) is 19.3. The number of aromatic nitrogens is 4. The van der Waals surface area contributed by atoms with E-state index in [1.54, 1.807) is 24.5 Å². The third-order valence-corrected chi connectivity index (χ3v) is 3.98. The molecule has 1 aromatic carbocycles. The van der Waals surface area contributed by atoms with Crippen LogP contribution < -0.4 is 10.1 Å². The van der Waals surface area contributed by atoms with Gasteiger partial charge in [0.15, 0.2) is 11.6 Å². The van der Waals surface area contributed by atoms with Gasteiger partial charge in [0, 0.05) is 0 Å². The molecule has 0 aliphatic heterocycles. The van der Waals surface area contributed by atoms with Crippen LogP contribution in [0.1, 0.15) is 30.8 Å². The zero-order valence-electron chi connectivity index (χ0n) is 15.5. The first-order valence-corrected chi connectivity index (χ1v) is 8.63. The molecule has 0 spiro atoms. The molecular formula is C20H19F2N5O. The summed E-state index contributed by atoms with van der Waals surface area (Å²) in [5.41, 5.74) is 3.20. The van der Waals surface area contributed by atoms with Gasteiger partial charge in [0.1, 0.15) is 12.4 Å². The van der Waals surface area contributed by atoms with Crippen molar-refractivity contribution < 1.29 is 13.5 Å². The van der Waals surface area contributed by atoms with E-state index < -0.39 is 5.82 Å². The number of hydrogen-bond donors (Lipinski definition) is 1. The van der Waals surface area contributed by atoms with Gasteiger partial charge >= 0.3 is 6.01 Å². The molecule has 2 aromatic heterocycles. The lowest BCUT2D eigenvalue weighted by molar-refractivity contribution is 0.279. The Kier molecular flexibility index (Phi) is 6.21. The van der Waals surface area contributed by atoms with Crippen LogP contribution in [0.25, 0.3) is 5.57 Å². The quantitative estimate of drug-likeness (QED) is 0.661. The molecule has 1 N–H and O–H groups in total. The molecule has 0 radical (unpaired) electrons. The minimum atomic E-state index is -0.608. The molecule has 3 rings (SSSR count). The zero-order chi connectivity index (χ0) is 19.9. The van der Waals surface area contributed by atoms with Crippen molar-refractivity contribution in [2.75, 3.05) is 5.32 Å². The van der Waals surface area contributed by atoms with Gasteiger partial charge in [0.25, 0.3) is 0 Å². The summed E-state index contributed by atoms with van der Waals surface area (Å²) in [6, 6.07) is 5.87. The van der Waals surface area contributed by atoms with Gasteiger partial charge in [-0.05, 0) is 37.1 Å². The molecule has 144 valence electrons. The summed E-state index contributed by atoms with van der Waals surface area (Å²) in [6.07, 6.45) is 6.27. The van der Waals surface area contributed by atoms with Crippen LogP contribution in [-0.2, 0) is 13.2 Å². The van der Waals surface area contributed by atoms with Crippen molar-refractivity contribution in [1.82, 2.24) is 19.9 Å². The average molecular weight is 383 g/mol. The molecule has 0 unspecified atom stereocenters. The van der Waals surface area contributed by atoms with Gasteiger partial charge in [-0.15, -0.1) is 0 Å². The smallest absolute Gasteiger partial charge is 0.318 e. The van der Waals surface area contributed by atoms with Gasteiger partial charge in [-0.25, -0.2) is 13.8 Å². The van der Waals surface area contributed by atoms with E-state index in [-0.39, 0.29) is 30.8 Å². The highest BCUT2D eigenvalue weighted by Gasteiger charge is 2.09. The highest BCUT2D eigenvalue weighted by atomic mass is 19.1. The van der Waals surface area contributed by atoms with E-state index in [0.717, 1.165) is 23.0 Å². The Labute approximate surface area is 161 Å². The molecule has 0 saturated carbocycles. The lowest BCUT2D eigenvalue weighted by Gasteiger charge is -2.09. The summed E-state index contributed by atoms with van der Waals surface area (Å²) in [6.45, 7) is 4.27. The number of allylic oxidation sites excluding steroid dienone is 2. The third kappa shape index (κ3) is 5.06. The molecule has 6 nitrogen and oxygen atoms in total. The lowest BCUT2D eigenvalue weighted by atomic mass is 10.2. The topological polar surface area (TPSA) is 72.8 Å². The van der Waals surface area contributed by atoms with Gasteiger partial charge in [-0.3, -0.25) is 9.97 Å². The molecule has 0 atom stereocenters. The SMILES string of the molecule is C/C=C(\C)c1cnc(CNc2nc(OCc3ccc(F)cc3)ncc2F)cn1. The summed E-state index contributed by atoms with van der Waals surface area (Å²) >= 11 is 0. The Balaban J connectivity index is 1.62. The molecule has 0 aliphatic rings. The van der Waals surface area contributed by atoms with Gasteiger partial charge in [-0.1, -0.05) is 18.2 Å². The highest BCUT2D eigenvalue weighted by Crippen LogP contribution is 2.16. The summed E-state index contributed by atoms with van der Waals surface area (Å²) in [5, 5.41) is 2.87. The van der Waals surface area contributed by atoms with Crippen LogP contribution in [0.15, 0.2) is 48.9 Å². The Morgan fingerprint density at radius 2 is 1.86 bits per heavy atom. The van der Waals surface area contributed by atoms with Crippen LogP contribution in [0.4, 0.5) is 14.6 Å². The fourth-order valence-electron chi connectivity index (χ4n) is 2.24. The van der Waals surface area contributed by atoms with Crippen molar-refractivity contribution >= 4 is 11.4 Å². The summed E-state index contributed by atoms with van der Waals surface area (Å²) < 4.78 is 32.3. The van der Waals surface area contributed by atoms with E-state index >= 15 is 0 Å². The Hall–Kier alpha value is -3.42. The van der Waals surface area contributed by atoms with Crippen LogP contribution >= 0.6 is 0 Å². The van der Waals surface area contributed by atoms with E-state index in [2.05, 4.69) is 25.3 Å². The molecule has 0 bridgehead atoms. The number of halogens is 2. The van der Waals surface area contributed by atoms with E-state index in [0.29, 0.717) is 5.69 Å². The molecule has 0 amide bonds. The van der Waals surface area contributed by atoms with Crippen LogP contribution in [-0.4, -0.2) is 19.9 Å². The van der Waals surface area contributed by atoms with E-state index in [9.17, 15) is 8.78 Å². The highest BCUT2D eigenvalue weighted by molar-refractivity contribution is 5.58. The predicted molar refractivity (Wildman–Crippen MR) is 101 cm³/mol. The van der Waals surface area contributed by atoms with E-state index in [1.807, 2.05) is 19.9 Å². The minimum Gasteiger partial charge on any atom is -0.459 e. The summed E-state index contributed by atoms with van der Waals surface area (Å²) in [5.74, 6) is -0.937. The summed E-state index contributed by atoms with van der Waals surface area (Å²) in [7, 11) is 0. The van der Waals surface area contributed by atoms with Crippen molar-refractivity contribution in [2.24, 2.45) is 0 Å². The third-order valence-electron chi connectivity index (χ3n) is 3.98. The average Bonchev–Trinajstić information content (AvgIpc) is 2.73. The molecule has 0 aliphatic carbocycles. The number of rotatable bonds is 7. The minimum absolute atomic E-state index is 0.000354. The predicted octanol–water partition coefficient (Wildman–Crippen LogP) is 4.16. The van der Waals surface area contributed by atoms with Crippen molar-refractivity contribution in [3.05, 3.63) is 77.5 Å². The largest absolute Gasteiger partial charge is 0.459 e. The number of nitrogens with one attached hydrogen (secondary N) is 1. The number of anilines is 1. The molecular weight excluding hydrogens is 364 g/mol. The number of ether oxygens (including phenoxy) is 1. The van der Waals surface area contributed by atoms with Gasteiger partial charge in [-0.2, -0.15) is 4.98 Å². The molecule has 3 aromatic rings. The summed E-state index contributed by atoms with van der Waals surface area (Å²) in [4.78, 5) is 16.5. The van der Waals surface area contributed by atoms with Crippen molar-refractivity contribution in [3.63, 3.8) is 0 Å². The first-order valence-electron chi connectivity index (χ1n) is 8.63. The Morgan fingerprint density at radius 1 is 1.07 bits per heavy atom. The fraction of sp³-hybridized carbons (Fsp3) is 0.200. The molecule has 8 heteroatoms. The van der Waals surface area contributed by atoms with Crippen LogP contribution in [0.3, 0.4) is 0 Å². The molecule has 2 heterocycles. The molecule has 28 heavy (non-hydrogen) atoms. The van der Waals surface area contributed by atoms with Gasteiger partial charge in [0.2, 0.25) is 0 Å². The fourth-order valence-corrected chi connectivity index (χ4v) is 2.24. The van der Waals surface area contributed by atoms with Crippen LogP contribution in [0.5, 0.6) is 6.01 Å². The Bertz CT molecular complexity index is 959. The van der Waals surface area contributed by atoms with Crippen LogP contribution in [0, 0.1) is 11.6 Å². The second kappa shape index (κ2) is 8.98. The van der Waals surface area contributed by atoms with Gasteiger partial charge in [0.05, 0.1) is 36.5 Å². The van der Waals surface area contributed by atoms with Gasteiger partial charge < -0.3 is 10.1 Å². The second-order valence-corrected chi connectivity index (χ2v) is 5.98. The van der Waals surface area contributed by atoms with Crippen molar-refractivity contribution in [2.45, 2.75) is 27.0 Å². The normalized spacial score (nSPS) is 11.4. The molecule has 0 saturated heterocycles. The second-order valence-electron chi connectivity index (χ2n) is 5.98. The van der Waals surface area contributed by atoms with Crippen molar-refractivity contribution in [3.8, 4) is 6.01 Å². The van der Waals surface area contributed by atoms with Crippen molar-refractivity contribution in [1.29, 1.82) is 0 Å². The Morgan fingerprint density at radius 3 is 2.54 bits per heavy atom. The maximum atomic E-state index is 14.0. The standard InChI is InChI=1S/C20H19F2N5O/c1-3-13(2)18-11-23-16(8-24-18)9-25-19-17(22)10-26-20(27-19)28-12-14-4-6-15(21)7-5-14/h3-8,10-11H,9,12H2,1-2H3,(H,25,26,27)/b13-3+. The number of nitrogens with zero attached hydrogens (tertiary/aromatic N) is 4. The molecule has 0 fully saturated rings. The first-order chi connectivity index (χ1) is 13.5. The number of benzene rings is 1. The lowest BCUT2D eigenvalue weighted by Crippen LogP contribution is -2.08. The maximum absolute atomic E-state index is 14.0. The monoisotopic (exact) mass is 383 g/mol. The van der Waals surface area contributed by atoms with E-state index in [1.165, 1.54) is 12.1 Å². The zero-order valence-corrected chi connectivity index (χ0v) is 15.5.